The molecule has 0 fully saturated rings. The van der Waals surface area contributed by atoms with Crippen LogP contribution in [0.25, 0.3) is 11.4 Å². The molecule has 7 nitrogen and oxygen atoms in total. The highest BCUT2D eigenvalue weighted by atomic mass is 32.2. The second-order valence-corrected chi connectivity index (χ2v) is 8.05. The topological polar surface area (TPSA) is 73.1 Å². The summed E-state index contributed by atoms with van der Waals surface area (Å²) in [5.41, 5.74) is 1.81. The number of benzene rings is 1. The molecule has 1 atom stereocenters. The average Bonchev–Trinajstić information content (AvgIpc) is 3.19. The number of para-hydroxylation sites is 1. The molecule has 0 N–H and O–H groups in total. The maximum absolute atomic E-state index is 13.0. The molecule has 0 bridgehead atoms. The number of aromatic nitrogens is 4. The van der Waals surface area contributed by atoms with Gasteiger partial charge in [-0.3, -0.25) is 9.78 Å². The summed E-state index contributed by atoms with van der Waals surface area (Å²) in [5, 5.41) is 9.20. The van der Waals surface area contributed by atoms with Crippen LogP contribution in [-0.2, 0) is 16.1 Å². The van der Waals surface area contributed by atoms with Crippen molar-refractivity contribution >= 4 is 23.4 Å². The molecule has 0 aliphatic heterocycles. The summed E-state index contributed by atoms with van der Waals surface area (Å²) < 4.78 is 7.55. The van der Waals surface area contributed by atoms with E-state index in [-0.39, 0.29) is 11.2 Å². The third-order valence-corrected chi connectivity index (χ3v) is 5.70. The first-order valence-corrected chi connectivity index (χ1v) is 10.9. The molecule has 2 heterocycles. The molecule has 0 aliphatic rings. The van der Waals surface area contributed by atoms with Gasteiger partial charge in [0, 0.05) is 50.5 Å². The molecule has 0 radical (unpaired) electrons. The van der Waals surface area contributed by atoms with Gasteiger partial charge >= 0.3 is 0 Å². The minimum atomic E-state index is -0.310. The number of amides is 1. The fourth-order valence-electron chi connectivity index (χ4n) is 3.02. The maximum atomic E-state index is 13.0. The molecular weight excluding hydrogens is 398 g/mol. The second-order valence-electron chi connectivity index (χ2n) is 6.74. The van der Waals surface area contributed by atoms with Gasteiger partial charge in [-0.1, -0.05) is 30.0 Å². The standard InChI is InChI=1S/C22H27N5O2S/c1-4-29-16-8-15-27-20(18-11-13-23-14-12-18)24-25-22(27)30-17(2)21(28)26(3)19-9-6-5-7-10-19/h5-7,9-14,17H,4,8,15-16H2,1-3H3. The predicted molar refractivity (Wildman–Crippen MR) is 120 cm³/mol. The summed E-state index contributed by atoms with van der Waals surface area (Å²) in [6.45, 7) is 5.96. The Morgan fingerprint density at radius 1 is 1.17 bits per heavy atom. The van der Waals surface area contributed by atoms with Gasteiger partial charge in [0.1, 0.15) is 0 Å². The quantitative estimate of drug-likeness (QED) is 0.362. The third-order valence-electron chi connectivity index (χ3n) is 4.63. The Hall–Kier alpha value is -2.71. The average molecular weight is 426 g/mol. The summed E-state index contributed by atoms with van der Waals surface area (Å²) in [6, 6.07) is 13.5. The normalized spacial score (nSPS) is 12.0. The summed E-state index contributed by atoms with van der Waals surface area (Å²) >= 11 is 1.42. The van der Waals surface area contributed by atoms with E-state index >= 15 is 0 Å². The summed E-state index contributed by atoms with van der Waals surface area (Å²) in [5.74, 6) is 0.785. The number of carbonyl (C=O) groups excluding carboxylic acids is 1. The summed E-state index contributed by atoms with van der Waals surface area (Å²) in [4.78, 5) is 18.7. The molecule has 30 heavy (non-hydrogen) atoms. The van der Waals surface area contributed by atoms with Crippen molar-refractivity contribution in [1.82, 2.24) is 19.7 Å². The van der Waals surface area contributed by atoms with Gasteiger partial charge in [0.05, 0.1) is 5.25 Å². The zero-order chi connectivity index (χ0) is 21.3. The van der Waals surface area contributed by atoms with Crippen molar-refractivity contribution in [3.05, 3.63) is 54.9 Å². The highest BCUT2D eigenvalue weighted by Crippen LogP contribution is 2.28. The molecule has 3 aromatic rings. The van der Waals surface area contributed by atoms with E-state index in [2.05, 4.69) is 19.7 Å². The Labute approximate surface area is 181 Å². The van der Waals surface area contributed by atoms with E-state index in [4.69, 9.17) is 4.74 Å². The number of pyridine rings is 1. The van der Waals surface area contributed by atoms with Gasteiger partial charge in [-0.15, -0.1) is 10.2 Å². The number of hydrogen-bond donors (Lipinski definition) is 0. The van der Waals surface area contributed by atoms with E-state index in [0.29, 0.717) is 19.8 Å². The van der Waals surface area contributed by atoms with E-state index in [1.54, 1.807) is 24.3 Å². The van der Waals surface area contributed by atoms with Crippen LogP contribution in [0.5, 0.6) is 0 Å². The Bertz CT molecular complexity index is 933. The fraction of sp³-hybridized carbons (Fsp3) is 0.364. The second kappa shape index (κ2) is 10.9. The van der Waals surface area contributed by atoms with Crippen molar-refractivity contribution in [3.63, 3.8) is 0 Å². The molecule has 1 unspecified atom stereocenters. The van der Waals surface area contributed by atoms with Gasteiger partial charge < -0.3 is 14.2 Å². The lowest BCUT2D eigenvalue weighted by molar-refractivity contribution is -0.117. The predicted octanol–water partition coefficient (Wildman–Crippen LogP) is 3.91. The number of rotatable bonds is 10. The lowest BCUT2D eigenvalue weighted by Gasteiger charge is -2.21. The van der Waals surface area contributed by atoms with E-state index in [0.717, 1.165) is 28.7 Å². The van der Waals surface area contributed by atoms with Crippen LogP contribution in [0.4, 0.5) is 5.69 Å². The Morgan fingerprint density at radius 2 is 1.90 bits per heavy atom. The molecule has 0 aliphatic carbocycles. The van der Waals surface area contributed by atoms with E-state index < -0.39 is 0 Å². The van der Waals surface area contributed by atoms with Crippen LogP contribution in [0.2, 0.25) is 0 Å². The molecule has 1 amide bonds. The van der Waals surface area contributed by atoms with Gasteiger partial charge in [0.2, 0.25) is 5.91 Å². The minimum absolute atomic E-state index is 0.0144. The smallest absolute Gasteiger partial charge is 0.240 e. The number of thioether (sulfide) groups is 1. The van der Waals surface area contributed by atoms with Crippen molar-refractivity contribution < 1.29 is 9.53 Å². The molecule has 158 valence electrons. The fourth-order valence-corrected chi connectivity index (χ4v) is 3.99. The monoisotopic (exact) mass is 425 g/mol. The zero-order valence-electron chi connectivity index (χ0n) is 17.6. The molecule has 2 aromatic heterocycles. The number of carbonyl (C=O) groups is 1. The minimum Gasteiger partial charge on any atom is -0.382 e. The SMILES string of the molecule is CCOCCCn1c(SC(C)C(=O)N(C)c2ccccc2)nnc1-c1ccncc1. The van der Waals surface area contributed by atoms with Gasteiger partial charge in [-0.25, -0.2) is 0 Å². The Morgan fingerprint density at radius 3 is 2.60 bits per heavy atom. The number of nitrogens with zero attached hydrogens (tertiary/aromatic N) is 5. The van der Waals surface area contributed by atoms with Crippen molar-refractivity contribution in [2.45, 2.75) is 37.2 Å². The van der Waals surface area contributed by atoms with Gasteiger partial charge in [0.15, 0.2) is 11.0 Å². The van der Waals surface area contributed by atoms with Gasteiger partial charge in [0.25, 0.3) is 0 Å². The summed E-state index contributed by atoms with van der Waals surface area (Å²) in [7, 11) is 1.80. The van der Waals surface area contributed by atoms with E-state index in [1.807, 2.05) is 56.3 Å². The van der Waals surface area contributed by atoms with Crippen LogP contribution >= 0.6 is 11.8 Å². The first kappa shape index (κ1) is 22.0. The first-order chi connectivity index (χ1) is 14.6. The number of hydrogen-bond acceptors (Lipinski definition) is 6. The number of ether oxygens (including phenoxy) is 1. The highest BCUT2D eigenvalue weighted by Gasteiger charge is 2.23. The third kappa shape index (κ3) is 5.46. The van der Waals surface area contributed by atoms with E-state index in [9.17, 15) is 4.79 Å². The van der Waals surface area contributed by atoms with Crippen LogP contribution in [0.1, 0.15) is 20.3 Å². The van der Waals surface area contributed by atoms with Crippen LogP contribution < -0.4 is 4.90 Å². The van der Waals surface area contributed by atoms with Crippen molar-refractivity contribution in [1.29, 1.82) is 0 Å². The summed E-state index contributed by atoms with van der Waals surface area (Å²) in [6.07, 6.45) is 4.31. The molecule has 8 heteroatoms. The largest absolute Gasteiger partial charge is 0.382 e. The zero-order valence-corrected chi connectivity index (χ0v) is 18.4. The van der Waals surface area contributed by atoms with Crippen LogP contribution in [0.15, 0.2) is 60.0 Å². The Kier molecular flexibility index (Phi) is 7.98. The van der Waals surface area contributed by atoms with Crippen LogP contribution in [-0.4, -0.2) is 51.2 Å². The Balaban J connectivity index is 1.78. The lowest BCUT2D eigenvalue weighted by atomic mass is 10.2. The molecular formula is C22H27N5O2S. The van der Waals surface area contributed by atoms with Gasteiger partial charge in [-0.2, -0.15) is 0 Å². The van der Waals surface area contributed by atoms with Gasteiger partial charge in [-0.05, 0) is 44.5 Å². The van der Waals surface area contributed by atoms with Crippen molar-refractivity contribution in [2.24, 2.45) is 0 Å². The van der Waals surface area contributed by atoms with Crippen LogP contribution in [0.3, 0.4) is 0 Å². The van der Waals surface area contributed by atoms with E-state index in [1.165, 1.54) is 11.8 Å². The molecule has 0 spiro atoms. The van der Waals surface area contributed by atoms with Crippen molar-refractivity contribution in [2.75, 3.05) is 25.2 Å². The first-order valence-electron chi connectivity index (χ1n) is 10.0. The number of anilines is 1. The molecule has 0 saturated heterocycles. The van der Waals surface area contributed by atoms with Crippen molar-refractivity contribution in [3.8, 4) is 11.4 Å². The van der Waals surface area contributed by atoms with Crippen LogP contribution in [0, 0.1) is 0 Å². The molecule has 1 aromatic carbocycles. The molecule has 3 rings (SSSR count). The highest BCUT2D eigenvalue weighted by molar-refractivity contribution is 8.00. The molecule has 0 saturated carbocycles. The maximum Gasteiger partial charge on any atom is 0.240 e. The lowest BCUT2D eigenvalue weighted by Crippen LogP contribution is -2.33.